The summed E-state index contributed by atoms with van der Waals surface area (Å²) in [7, 11) is 0. The highest BCUT2D eigenvalue weighted by atomic mass is 35.5. The number of nitrogens with zero attached hydrogens (tertiary/aromatic N) is 4. The van der Waals surface area contributed by atoms with Crippen molar-refractivity contribution in [1.82, 2.24) is 20.1 Å². The van der Waals surface area contributed by atoms with Crippen molar-refractivity contribution in [3.63, 3.8) is 0 Å². The third-order valence-corrected chi connectivity index (χ3v) is 2.74. The third-order valence-electron chi connectivity index (χ3n) is 2.44. The fourth-order valence-corrected chi connectivity index (χ4v) is 1.77. The molecule has 0 aliphatic heterocycles. The van der Waals surface area contributed by atoms with Crippen molar-refractivity contribution in [1.29, 1.82) is 0 Å². The van der Waals surface area contributed by atoms with Crippen LogP contribution in [0.3, 0.4) is 0 Å². The first-order valence-corrected chi connectivity index (χ1v) is 5.79. The molecule has 0 aliphatic carbocycles. The molecular weight excluding hydrogens is 266 g/mol. The van der Waals surface area contributed by atoms with E-state index in [2.05, 4.69) is 20.1 Å². The molecule has 3 rings (SSSR count). The molecule has 0 fully saturated rings. The predicted octanol–water partition coefficient (Wildman–Crippen LogP) is 2.43. The van der Waals surface area contributed by atoms with Gasteiger partial charge in [0.1, 0.15) is 5.69 Å². The molecule has 0 aliphatic rings. The third kappa shape index (κ3) is 2.13. The molecule has 0 bridgehead atoms. The fraction of sp³-hybridized carbons (Fsp3) is 0. The molecular formula is C12H8ClN5O. The molecule has 3 aromatic rings. The summed E-state index contributed by atoms with van der Waals surface area (Å²) in [6, 6.07) is 6.87. The van der Waals surface area contributed by atoms with Crippen molar-refractivity contribution >= 4 is 17.3 Å². The van der Waals surface area contributed by atoms with E-state index in [4.69, 9.17) is 21.9 Å². The van der Waals surface area contributed by atoms with Gasteiger partial charge in [-0.2, -0.15) is 4.98 Å². The summed E-state index contributed by atoms with van der Waals surface area (Å²) in [5.41, 5.74) is 7.15. The molecule has 0 radical (unpaired) electrons. The monoisotopic (exact) mass is 273 g/mol. The van der Waals surface area contributed by atoms with E-state index in [1.54, 1.807) is 36.7 Å². The van der Waals surface area contributed by atoms with Gasteiger partial charge in [-0.15, -0.1) is 0 Å². The van der Waals surface area contributed by atoms with Crippen molar-refractivity contribution in [3.8, 4) is 23.1 Å². The average Bonchev–Trinajstić information content (AvgIpc) is 2.89. The van der Waals surface area contributed by atoms with Gasteiger partial charge in [0.05, 0.1) is 10.7 Å². The molecule has 0 aromatic carbocycles. The van der Waals surface area contributed by atoms with Crippen LogP contribution in [0.25, 0.3) is 23.1 Å². The van der Waals surface area contributed by atoms with Gasteiger partial charge in [0, 0.05) is 12.4 Å². The lowest BCUT2D eigenvalue weighted by atomic mass is 10.3. The Kier molecular flexibility index (Phi) is 2.85. The molecule has 7 heteroatoms. The van der Waals surface area contributed by atoms with Crippen LogP contribution in [-0.2, 0) is 0 Å². The molecule has 0 unspecified atom stereocenters. The van der Waals surface area contributed by atoms with E-state index >= 15 is 0 Å². The van der Waals surface area contributed by atoms with E-state index < -0.39 is 0 Å². The van der Waals surface area contributed by atoms with Crippen LogP contribution in [0.5, 0.6) is 0 Å². The largest absolute Gasteiger partial charge is 0.397 e. The standard InChI is InChI=1S/C12H8ClN5O/c13-7-3-1-5-15-9(7)11-17-12(19-18-11)10-8(14)4-2-6-16-10/h1-6H,14H2. The van der Waals surface area contributed by atoms with E-state index in [0.29, 0.717) is 27.9 Å². The number of anilines is 1. The van der Waals surface area contributed by atoms with Crippen LogP contribution in [-0.4, -0.2) is 20.1 Å². The second kappa shape index (κ2) is 4.66. The summed E-state index contributed by atoms with van der Waals surface area (Å²) in [6.45, 7) is 0. The molecule has 3 aromatic heterocycles. The Labute approximate surface area is 113 Å². The Hall–Kier alpha value is -2.47. The Morgan fingerprint density at radius 3 is 2.53 bits per heavy atom. The van der Waals surface area contributed by atoms with Gasteiger partial charge in [-0.1, -0.05) is 16.8 Å². The molecule has 0 saturated carbocycles. The highest BCUT2D eigenvalue weighted by molar-refractivity contribution is 6.32. The topological polar surface area (TPSA) is 90.7 Å². The second-order valence-electron chi connectivity index (χ2n) is 3.70. The number of nitrogen functional groups attached to an aromatic ring is 1. The zero-order valence-electron chi connectivity index (χ0n) is 9.62. The lowest BCUT2D eigenvalue weighted by Crippen LogP contribution is -1.92. The molecule has 0 atom stereocenters. The smallest absolute Gasteiger partial charge is 0.279 e. The van der Waals surface area contributed by atoms with Crippen LogP contribution in [0.2, 0.25) is 5.02 Å². The van der Waals surface area contributed by atoms with Gasteiger partial charge in [-0.3, -0.25) is 4.98 Å². The van der Waals surface area contributed by atoms with Crippen molar-refractivity contribution in [2.75, 3.05) is 5.73 Å². The van der Waals surface area contributed by atoms with Crippen molar-refractivity contribution in [3.05, 3.63) is 41.7 Å². The van der Waals surface area contributed by atoms with E-state index in [0.717, 1.165) is 0 Å². The SMILES string of the molecule is Nc1cccnc1-c1nc(-c2ncccc2Cl)no1. The minimum atomic E-state index is 0.231. The number of nitrogens with two attached hydrogens (primary N) is 1. The molecule has 94 valence electrons. The average molecular weight is 274 g/mol. The summed E-state index contributed by atoms with van der Waals surface area (Å²) in [6.07, 6.45) is 3.20. The minimum absolute atomic E-state index is 0.231. The quantitative estimate of drug-likeness (QED) is 0.771. The van der Waals surface area contributed by atoms with Crippen LogP contribution < -0.4 is 5.73 Å². The Morgan fingerprint density at radius 1 is 1.05 bits per heavy atom. The van der Waals surface area contributed by atoms with Gasteiger partial charge in [-0.05, 0) is 24.3 Å². The van der Waals surface area contributed by atoms with Gasteiger partial charge in [-0.25, -0.2) is 4.98 Å². The van der Waals surface area contributed by atoms with Gasteiger partial charge < -0.3 is 10.3 Å². The molecule has 6 nitrogen and oxygen atoms in total. The lowest BCUT2D eigenvalue weighted by molar-refractivity contribution is 0.431. The zero-order valence-corrected chi connectivity index (χ0v) is 10.4. The summed E-state index contributed by atoms with van der Waals surface area (Å²) < 4.78 is 5.14. The van der Waals surface area contributed by atoms with Gasteiger partial charge in [0.2, 0.25) is 5.82 Å². The highest BCUT2D eigenvalue weighted by Gasteiger charge is 2.16. The molecule has 2 N–H and O–H groups in total. The first kappa shape index (κ1) is 11.6. The highest BCUT2D eigenvalue weighted by Crippen LogP contribution is 2.26. The maximum atomic E-state index is 6.02. The molecule has 0 spiro atoms. The number of hydrogen-bond acceptors (Lipinski definition) is 6. The summed E-state index contributed by atoms with van der Waals surface area (Å²) in [5, 5.41) is 4.28. The summed E-state index contributed by atoms with van der Waals surface area (Å²) >= 11 is 6.02. The van der Waals surface area contributed by atoms with Crippen molar-refractivity contribution in [2.45, 2.75) is 0 Å². The van der Waals surface area contributed by atoms with Crippen LogP contribution in [0, 0.1) is 0 Å². The van der Waals surface area contributed by atoms with E-state index in [-0.39, 0.29) is 5.89 Å². The van der Waals surface area contributed by atoms with Crippen LogP contribution in [0.1, 0.15) is 0 Å². The first-order chi connectivity index (χ1) is 9.25. The first-order valence-electron chi connectivity index (χ1n) is 5.41. The number of pyridine rings is 2. The molecule has 19 heavy (non-hydrogen) atoms. The number of halogens is 1. The number of aromatic nitrogens is 4. The summed E-state index contributed by atoms with van der Waals surface area (Å²) in [4.78, 5) is 12.4. The second-order valence-corrected chi connectivity index (χ2v) is 4.11. The Balaban J connectivity index is 2.06. The van der Waals surface area contributed by atoms with Gasteiger partial charge >= 0.3 is 0 Å². The maximum Gasteiger partial charge on any atom is 0.279 e. The van der Waals surface area contributed by atoms with E-state index in [9.17, 15) is 0 Å². The summed E-state index contributed by atoms with van der Waals surface area (Å²) in [5.74, 6) is 0.528. The van der Waals surface area contributed by atoms with Gasteiger partial charge in [0.15, 0.2) is 5.69 Å². The van der Waals surface area contributed by atoms with Crippen LogP contribution in [0.4, 0.5) is 5.69 Å². The maximum absolute atomic E-state index is 6.02. The molecule has 3 heterocycles. The van der Waals surface area contributed by atoms with Crippen LogP contribution in [0.15, 0.2) is 41.2 Å². The van der Waals surface area contributed by atoms with Gasteiger partial charge in [0.25, 0.3) is 5.89 Å². The predicted molar refractivity (Wildman–Crippen MR) is 70.2 cm³/mol. The molecule has 0 saturated heterocycles. The normalized spacial score (nSPS) is 10.6. The number of hydrogen-bond donors (Lipinski definition) is 1. The molecule has 0 amide bonds. The van der Waals surface area contributed by atoms with E-state index in [1.165, 1.54) is 0 Å². The van der Waals surface area contributed by atoms with Crippen molar-refractivity contribution < 1.29 is 4.52 Å². The Bertz CT molecular complexity index is 667. The number of rotatable bonds is 2. The lowest BCUT2D eigenvalue weighted by Gasteiger charge is -1.97. The minimum Gasteiger partial charge on any atom is -0.397 e. The van der Waals surface area contributed by atoms with E-state index in [1.807, 2.05) is 0 Å². The fourth-order valence-electron chi connectivity index (χ4n) is 1.56. The van der Waals surface area contributed by atoms with Crippen LogP contribution >= 0.6 is 11.6 Å². The van der Waals surface area contributed by atoms with Crippen molar-refractivity contribution in [2.24, 2.45) is 0 Å². The Morgan fingerprint density at radius 2 is 1.79 bits per heavy atom. The zero-order chi connectivity index (χ0) is 13.2.